The van der Waals surface area contributed by atoms with Crippen LogP contribution in [0.15, 0.2) is 71.7 Å². The predicted molar refractivity (Wildman–Crippen MR) is 120 cm³/mol. The molecule has 0 spiro atoms. The third-order valence-corrected chi connectivity index (χ3v) is 5.71. The van der Waals surface area contributed by atoms with Crippen LogP contribution in [0.4, 0.5) is 10.1 Å². The Bertz CT molecular complexity index is 1200. The molecule has 2 aliphatic heterocycles. The molecule has 3 aromatic carbocycles. The topological polar surface area (TPSA) is 54.4 Å². The Kier molecular flexibility index (Phi) is 5.23. The Balaban J connectivity index is 1.44. The van der Waals surface area contributed by atoms with E-state index < -0.39 is 5.82 Å². The maximum absolute atomic E-state index is 14.1. The van der Waals surface area contributed by atoms with Gasteiger partial charge in [0.05, 0.1) is 18.2 Å². The Morgan fingerprint density at radius 3 is 2.50 bits per heavy atom. The number of ether oxygens (including phenoxy) is 2. The third-order valence-electron chi connectivity index (χ3n) is 5.71. The number of piperazine rings is 1. The highest BCUT2D eigenvalue weighted by Crippen LogP contribution is 2.39. The number of amides is 1. The molecule has 0 atom stereocenters. The Labute approximate surface area is 185 Å². The van der Waals surface area contributed by atoms with E-state index in [1.165, 1.54) is 12.1 Å². The molecule has 1 fully saturated rings. The van der Waals surface area contributed by atoms with E-state index in [9.17, 15) is 9.18 Å². The average Bonchev–Trinajstić information content (AvgIpc) is 3.00. The van der Waals surface area contributed by atoms with Crippen molar-refractivity contribution in [2.75, 3.05) is 33.3 Å². The normalized spacial score (nSPS) is 15.1. The quantitative estimate of drug-likeness (QED) is 0.601. The maximum atomic E-state index is 14.1. The van der Waals surface area contributed by atoms with Crippen LogP contribution in [0, 0.1) is 5.82 Å². The number of carbonyl (C=O) groups is 1. The molecule has 0 bridgehead atoms. The van der Waals surface area contributed by atoms with E-state index in [1.54, 1.807) is 24.1 Å². The fourth-order valence-corrected chi connectivity index (χ4v) is 4.00. The van der Waals surface area contributed by atoms with Gasteiger partial charge in [0.1, 0.15) is 28.8 Å². The summed E-state index contributed by atoms with van der Waals surface area (Å²) in [5, 5.41) is 0. The number of carbonyl (C=O) groups excluding carboxylic acids is 1. The van der Waals surface area contributed by atoms with Crippen molar-refractivity contribution in [1.29, 1.82) is 0 Å². The largest absolute Gasteiger partial charge is 0.497 e. The van der Waals surface area contributed by atoms with Crippen molar-refractivity contribution in [3.8, 4) is 17.2 Å². The Morgan fingerprint density at radius 1 is 0.969 bits per heavy atom. The van der Waals surface area contributed by atoms with Crippen LogP contribution in [0.3, 0.4) is 0 Å². The smallest absolute Gasteiger partial charge is 0.256 e. The van der Waals surface area contributed by atoms with Crippen LogP contribution in [-0.4, -0.2) is 54.8 Å². The summed E-state index contributed by atoms with van der Waals surface area (Å²) in [5.74, 6) is 2.06. The first-order valence-corrected chi connectivity index (χ1v) is 10.5. The molecule has 162 valence electrons. The van der Waals surface area contributed by atoms with Gasteiger partial charge in [0, 0.05) is 26.2 Å². The van der Waals surface area contributed by atoms with Gasteiger partial charge in [-0.3, -0.25) is 4.79 Å². The van der Waals surface area contributed by atoms with E-state index in [2.05, 4.69) is 4.90 Å². The van der Waals surface area contributed by atoms with Gasteiger partial charge < -0.3 is 19.3 Å². The van der Waals surface area contributed by atoms with Crippen LogP contribution >= 0.6 is 0 Å². The summed E-state index contributed by atoms with van der Waals surface area (Å²) in [6, 6.07) is 19.4. The third kappa shape index (κ3) is 3.66. The predicted octanol–water partition coefficient (Wildman–Crippen LogP) is 4.48. The highest BCUT2D eigenvalue weighted by molar-refractivity contribution is 6.04. The summed E-state index contributed by atoms with van der Waals surface area (Å²) in [6.07, 6.45) is 0. The Hall–Kier alpha value is -3.87. The lowest BCUT2D eigenvalue weighted by Crippen LogP contribution is -2.51. The zero-order chi connectivity index (χ0) is 22.1. The van der Waals surface area contributed by atoms with E-state index >= 15 is 0 Å². The van der Waals surface area contributed by atoms with Gasteiger partial charge >= 0.3 is 0 Å². The highest BCUT2D eigenvalue weighted by atomic mass is 19.1. The number of amidine groups is 1. The van der Waals surface area contributed by atoms with Gasteiger partial charge in [-0.05, 0) is 42.5 Å². The number of para-hydroxylation sites is 2. The number of fused-ring (bicyclic) bond motifs is 2. The number of aliphatic imine (C=N–C) groups is 1. The SMILES string of the molecule is COc1ccc2c(c1)C(N1CCN(C(=O)c3ccccc3F)CC1)=Nc1ccccc1O2. The molecule has 0 radical (unpaired) electrons. The molecule has 0 unspecified atom stereocenters. The van der Waals surface area contributed by atoms with Gasteiger partial charge in [-0.25, -0.2) is 9.38 Å². The summed E-state index contributed by atoms with van der Waals surface area (Å²) in [6.45, 7) is 2.07. The minimum absolute atomic E-state index is 0.102. The van der Waals surface area contributed by atoms with E-state index in [0.717, 1.165) is 17.1 Å². The molecule has 1 amide bonds. The van der Waals surface area contributed by atoms with Crippen LogP contribution in [-0.2, 0) is 0 Å². The number of halogens is 1. The van der Waals surface area contributed by atoms with Crippen molar-refractivity contribution in [3.05, 3.63) is 83.7 Å². The van der Waals surface area contributed by atoms with Gasteiger partial charge in [0.2, 0.25) is 0 Å². The summed E-state index contributed by atoms with van der Waals surface area (Å²) < 4.78 is 25.7. The van der Waals surface area contributed by atoms with Gasteiger partial charge in [0.15, 0.2) is 5.75 Å². The number of benzene rings is 3. The minimum Gasteiger partial charge on any atom is -0.497 e. The van der Waals surface area contributed by atoms with E-state index in [-0.39, 0.29) is 11.5 Å². The molecule has 5 rings (SSSR count). The number of methoxy groups -OCH3 is 1. The number of nitrogens with zero attached hydrogens (tertiary/aromatic N) is 3. The van der Waals surface area contributed by atoms with Crippen molar-refractivity contribution in [1.82, 2.24) is 9.80 Å². The van der Waals surface area contributed by atoms with Gasteiger partial charge in [-0.15, -0.1) is 0 Å². The fraction of sp³-hybridized carbons (Fsp3) is 0.200. The standard InChI is InChI=1S/C25H22FN3O3/c1-31-17-10-11-22-19(16-17)24(27-21-8-4-5-9-23(21)32-22)28-12-14-29(15-13-28)25(30)18-6-2-3-7-20(18)26/h2-11,16H,12-15H2,1H3. The monoisotopic (exact) mass is 431 g/mol. The van der Waals surface area contributed by atoms with Crippen molar-refractivity contribution < 1.29 is 18.7 Å². The lowest BCUT2D eigenvalue weighted by molar-refractivity contribution is 0.0687. The van der Waals surface area contributed by atoms with Gasteiger partial charge in [-0.1, -0.05) is 24.3 Å². The van der Waals surface area contributed by atoms with Gasteiger partial charge in [-0.2, -0.15) is 0 Å². The van der Waals surface area contributed by atoms with Crippen LogP contribution in [0.1, 0.15) is 15.9 Å². The maximum Gasteiger partial charge on any atom is 0.256 e. The molecular weight excluding hydrogens is 409 g/mol. The first-order chi connectivity index (χ1) is 15.6. The molecule has 32 heavy (non-hydrogen) atoms. The molecular formula is C25H22FN3O3. The molecule has 0 N–H and O–H groups in total. The van der Waals surface area contributed by atoms with Crippen LogP contribution in [0.5, 0.6) is 17.2 Å². The molecule has 1 saturated heterocycles. The lowest BCUT2D eigenvalue weighted by atomic mass is 10.1. The minimum atomic E-state index is -0.497. The van der Waals surface area contributed by atoms with Crippen molar-refractivity contribution in [2.45, 2.75) is 0 Å². The van der Waals surface area contributed by atoms with Crippen molar-refractivity contribution in [2.24, 2.45) is 4.99 Å². The fourth-order valence-electron chi connectivity index (χ4n) is 4.00. The second kappa shape index (κ2) is 8.34. The number of hydrogen-bond acceptors (Lipinski definition) is 5. The zero-order valence-electron chi connectivity index (χ0n) is 17.6. The number of hydrogen-bond donors (Lipinski definition) is 0. The molecule has 0 aromatic heterocycles. The molecule has 6 nitrogen and oxygen atoms in total. The molecule has 3 aromatic rings. The average molecular weight is 431 g/mol. The molecule has 0 saturated carbocycles. The summed E-state index contributed by atoms with van der Waals surface area (Å²) in [7, 11) is 1.62. The molecule has 2 aliphatic rings. The van der Waals surface area contributed by atoms with E-state index in [4.69, 9.17) is 14.5 Å². The van der Waals surface area contributed by atoms with Crippen molar-refractivity contribution >= 4 is 17.4 Å². The van der Waals surface area contributed by atoms with Crippen LogP contribution < -0.4 is 9.47 Å². The van der Waals surface area contributed by atoms with Crippen molar-refractivity contribution in [3.63, 3.8) is 0 Å². The molecule has 7 heteroatoms. The first-order valence-electron chi connectivity index (χ1n) is 10.5. The van der Waals surface area contributed by atoms with Crippen LogP contribution in [0.2, 0.25) is 0 Å². The number of rotatable bonds is 2. The highest BCUT2D eigenvalue weighted by Gasteiger charge is 2.29. The molecule has 0 aliphatic carbocycles. The van der Waals surface area contributed by atoms with Gasteiger partial charge in [0.25, 0.3) is 5.91 Å². The Morgan fingerprint density at radius 2 is 1.72 bits per heavy atom. The second-order valence-electron chi connectivity index (χ2n) is 7.63. The molecule has 2 heterocycles. The van der Waals surface area contributed by atoms with E-state index in [1.807, 2.05) is 42.5 Å². The van der Waals surface area contributed by atoms with E-state index in [0.29, 0.717) is 43.4 Å². The summed E-state index contributed by atoms with van der Waals surface area (Å²) in [5.41, 5.74) is 1.67. The second-order valence-corrected chi connectivity index (χ2v) is 7.63. The zero-order valence-corrected chi connectivity index (χ0v) is 17.6. The first kappa shape index (κ1) is 20.1. The summed E-state index contributed by atoms with van der Waals surface area (Å²) in [4.78, 5) is 21.5. The van der Waals surface area contributed by atoms with Crippen LogP contribution in [0.25, 0.3) is 0 Å². The summed E-state index contributed by atoms with van der Waals surface area (Å²) >= 11 is 0. The lowest BCUT2D eigenvalue weighted by Gasteiger charge is -2.36.